The highest BCUT2D eigenvalue weighted by Crippen LogP contribution is 2.19. The third-order valence-electron chi connectivity index (χ3n) is 4.42. The van der Waals surface area contributed by atoms with Crippen molar-refractivity contribution < 1.29 is 10.0 Å². The summed E-state index contributed by atoms with van der Waals surface area (Å²) in [6, 6.07) is 19.4. The van der Waals surface area contributed by atoms with Crippen molar-refractivity contribution in [3.8, 4) is 11.4 Å². The lowest BCUT2D eigenvalue weighted by molar-refractivity contribution is -0.384. The van der Waals surface area contributed by atoms with Crippen LogP contribution in [0.4, 0.5) is 5.69 Å². The van der Waals surface area contributed by atoms with Crippen molar-refractivity contribution >= 4 is 28.7 Å². The maximum atomic E-state index is 13.1. The molecule has 0 amide bonds. The molecule has 0 aliphatic rings. The van der Waals surface area contributed by atoms with Crippen molar-refractivity contribution in [1.82, 2.24) is 9.55 Å². The van der Waals surface area contributed by atoms with E-state index in [1.165, 1.54) is 28.8 Å². The van der Waals surface area contributed by atoms with Crippen molar-refractivity contribution in [2.75, 3.05) is 0 Å². The van der Waals surface area contributed by atoms with Crippen molar-refractivity contribution in [3.05, 3.63) is 105 Å². The number of aromatic nitrogens is 2. The number of aromatic hydroxyl groups is 1. The first kappa shape index (κ1) is 18.1. The maximum absolute atomic E-state index is 13.1. The average molecular weight is 385 g/mol. The number of phenols is 1. The minimum Gasteiger partial charge on any atom is -0.508 e. The summed E-state index contributed by atoms with van der Waals surface area (Å²) >= 11 is 0. The van der Waals surface area contributed by atoms with Gasteiger partial charge in [0.05, 0.1) is 21.5 Å². The Labute approximate surface area is 165 Å². The Hall–Kier alpha value is -4.26. The lowest BCUT2D eigenvalue weighted by Gasteiger charge is -2.11. The van der Waals surface area contributed by atoms with E-state index >= 15 is 0 Å². The van der Waals surface area contributed by atoms with E-state index in [1.807, 2.05) is 0 Å². The normalized spacial score (nSPS) is 11.2. The van der Waals surface area contributed by atoms with Crippen LogP contribution in [0.1, 0.15) is 11.4 Å². The smallest absolute Gasteiger partial charge is 0.270 e. The van der Waals surface area contributed by atoms with Gasteiger partial charge in [-0.1, -0.05) is 30.3 Å². The van der Waals surface area contributed by atoms with Gasteiger partial charge >= 0.3 is 0 Å². The zero-order chi connectivity index (χ0) is 20.4. The van der Waals surface area contributed by atoms with Crippen LogP contribution in [0.25, 0.3) is 28.7 Å². The Morgan fingerprint density at radius 2 is 1.72 bits per heavy atom. The minimum absolute atomic E-state index is 0.0189. The first-order valence-electron chi connectivity index (χ1n) is 8.77. The molecule has 0 aliphatic carbocycles. The van der Waals surface area contributed by atoms with Crippen LogP contribution in [0.15, 0.2) is 77.6 Å². The van der Waals surface area contributed by atoms with E-state index in [0.717, 1.165) is 0 Å². The SMILES string of the molecule is O=c1c2ccccc2nc(/C=C/c2cccc([N+](=O)[O-])c2)n1-c1ccc(O)cc1. The Kier molecular flexibility index (Phi) is 4.62. The van der Waals surface area contributed by atoms with Gasteiger partial charge in [-0.05, 0) is 48.0 Å². The van der Waals surface area contributed by atoms with E-state index in [1.54, 1.807) is 60.7 Å². The molecule has 0 bridgehead atoms. The molecule has 29 heavy (non-hydrogen) atoms. The molecule has 1 N–H and O–H groups in total. The Morgan fingerprint density at radius 1 is 0.966 bits per heavy atom. The molecule has 0 saturated heterocycles. The summed E-state index contributed by atoms with van der Waals surface area (Å²) in [7, 11) is 0. The summed E-state index contributed by atoms with van der Waals surface area (Å²) in [5, 5.41) is 21.0. The maximum Gasteiger partial charge on any atom is 0.270 e. The summed E-state index contributed by atoms with van der Waals surface area (Å²) in [5.41, 5.74) is 1.43. The van der Waals surface area contributed by atoms with Crippen LogP contribution >= 0.6 is 0 Å². The van der Waals surface area contributed by atoms with Crippen LogP contribution in [0.3, 0.4) is 0 Å². The van der Waals surface area contributed by atoms with Crippen LogP contribution in [-0.4, -0.2) is 19.6 Å². The molecule has 3 aromatic carbocycles. The second-order valence-corrected chi connectivity index (χ2v) is 6.33. The molecule has 4 aromatic rings. The minimum atomic E-state index is -0.460. The molecule has 1 heterocycles. The molecule has 0 radical (unpaired) electrons. The molecule has 0 atom stereocenters. The first-order valence-corrected chi connectivity index (χ1v) is 8.77. The van der Waals surface area contributed by atoms with Crippen LogP contribution in [0.5, 0.6) is 5.75 Å². The second kappa shape index (κ2) is 7.40. The van der Waals surface area contributed by atoms with Gasteiger partial charge in [0.25, 0.3) is 11.2 Å². The number of benzene rings is 3. The van der Waals surface area contributed by atoms with Gasteiger partial charge in [-0.3, -0.25) is 19.5 Å². The van der Waals surface area contributed by atoms with Gasteiger partial charge in [0, 0.05) is 12.1 Å². The van der Waals surface area contributed by atoms with Crippen molar-refractivity contribution in [1.29, 1.82) is 0 Å². The van der Waals surface area contributed by atoms with Gasteiger partial charge < -0.3 is 5.11 Å². The van der Waals surface area contributed by atoms with Crippen LogP contribution in [0, 0.1) is 10.1 Å². The molecular weight excluding hydrogens is 370 g/mol. The number of nitro groups is 1. The van der Waals surface area contributed by atoms with Gasteiger partial charge in [-0.2, -0.15) is 0 Å². The average Bonchev–Trinajstić information content (AvgIpc) is 2.73. The van der Waals surface area contributed by atoms with Gasteiger partial charge in [-0.25, -0.2) is 4.98 Å². The Bertz CT molecular complexity index is 1310. The number of rotatable bonds is 4. The standard InChI is InChI=1S/C22H15N3O4/c26-18-11-9-16(10-12-18)24-21(23-20-7-2-1-6-19(20)22(24)27)13-8-15-4-3-5-17(14-15)25(28)29/h1-14,26H/b13-8+. The first-order chi connectivity index (χ1) is 14.0. The summed E-state index contributed by atoms with van der Waals surface area (Å²) in [5.74, 6) is 0.454. The van der Waals surface area contributed by atoms with Gasteiger partial charge in [0.1, 0.15) is 11.6 Å². The number of fused-ring (bicyclic) bond motifs is 1. The fourth-order valence-electron chi connectivity index (χ4n) is 3.03. The van der Waals surface area contributed by atoms with E-state index in [9.17, 15) is 20.0 Å². The van der Waals surface area contributed by atoms with E-state index in [0.29, 0.717) is 28.0 Å². The van der Waals surface area contributed by atoms with Gasteiger partial charge in [-0.15, -0.1) is 0 Å². The zero-order valence-electron chi connectivity index (χ0n) is 15.1. The molecule has 7 heteroatoms. The molecule has 142 valence electrons. The lowest BCUT2D eigenvalue weighted by atomic mass is 10.2. The van der Waals surface area contributed by atoms with Gasteiger partial charge in [0.15, 0.2) is 0 Å². The van der Waals surface area contributed by atoms with E-state index < -0.39 is 4.92 Å². The lowest BCUT2D eigenvalue weighted by Crippen LogP contribution is -2.22. The number of phenolic OH excluding ortho intramolecular Hbond substituents is 1. The summed E-state index contributed by atoms with van der Waals surface area (Å²) in [6.45, 7) is 0. The topological polar surface area (TPSA) is 98.3 Å². The predicted octanol–water partition coefficient (Wildman–Crippen LogP) is 4.17. The molecule has 0 fully saturated rings. The molecule has 0 unspecified atom stereocenters. The van der Waals surface area contributed by atoms with E-state index in [-0.39, 0.29) is 17.0 Å². The summed E-state index contributed by atoms with van der Waals surface area (Å²) in [6.07, 6.45) is 3.31. The number of nitrogens with zero attached hydrogens (tertiary/aromatic N) is 3. The molecule has 1 aromatic heterocycles. The monoisotopic (exact) mass is 385 g/mol. The van der Waals surface area contributed by atoms with Gasteiger partial charge in [0.2, 0.25) is 0 Å². The third kappa shape index (κ3) is 3.61. The second-order valence-electron chi connectivity index (χ2n) is 6.33. The zero-order valence-corrected chi connectivity index (χ0v) is 15.1. The molecule has 0 spiro atoms. The highest BCUT2D eigenvalue weighted by Gasteiger charge is 2.11. The van der Waals surface area contributed by atoms with E-state index in [4.69, 9.17) is 0 Å². The summed E-state index contributed by atoms with van der Waals surface area (Å²) < 4.78 is 1.44. The number of hydrogen-bond acceptors (Lipinski definition) is 5. The number of para-hydroxylation sites is 1. The molecule has 7 nitrogen and oxygen atoms in total. The molecule has 4 rings (SSSR count). The number of non-ortho nitro benzene ring substituents is 1. The van der Waals surface area contributed by atoms with Crippen LogP contribution in [-0.2, 0) is 0 Å². The molecule has 0 saturated carbocycles. The Balaban J connectivity index is 1.90. The molecular formula is C22H15N3O4. The number of hydrogen-bond donors (Lipinski definition) is 1. The highest BCUT2D eigenvalue weighted by atomic mass is 16.6. The summed E-state index contributed by atoms with van der Waals surface area (Å²) in [4.78, 5) is 28.2. The predicted molar refractivity (Wildman–Crippen MR) is 111 cm³/mol. The van der Waals surface area contributed by atoms with E-state index in [2.05, 4.69) is 4.98 Å². The van der Waals surface area contributed by atoms with Crippen LogP contribution < -0.4 is 5.56 Å². The fourth-order valence-corrected chi connectivity index (χ4v) is 3.03. The molecule has 0 aliphatic heterocycles. The quantitative estimate of drug-likeness (QED) is 0.420. The Morgan fingerprint density at radius 3 is 2.48 bits per heavy atom. The van der Waals surface area contributed by atoms with Crippen molar-refractivity contribution in [2.45, 2.75) is 0 Å². The highest BCUT2D eigenvalue weighted by molar-refractivity contribution is 5.80. The van der Waals surface area contributed by atoms with Crippen molar-refractivity contribution in [2.24, 2.45) is 0 Å². The van der Waals surface area contributed by atoms with Crippen molar-refractivity contribution in [3.63, 3.8) is 0 Å². The fraction of sp³-hybridized carbons (Fsp3) is 0. The number of nitro benzene ring substituents is 1. The van der Waals surface area contributed by atoms with Crippen LogP contribution in [0.2, 0.25) is 0 Å². The third-order valence-corrected chi connectivity index (χ3v) is 4.42. The largest absolute Gasteiger partial charge is 0.508 e.